The summed E-state index contributed by atoms with van der Waals surface area (Å²) in [6, 6.07) is 0.688. The fourth-order valence-corrected chi connectivity index (χ4v) is 1.44. The smallest absolute Gasteiger partial charge is 0.208 e. The van der Waals surface area contributed by atoms with Crippen LogP contribution in [0.4, 0.5) is 0 Å². The molecule has 13 heavy (non-hydrogen) atoms. The molecule has 1 N–H and O–H groups in total. The Morgan fingerprint density at radius 3 is 2.69 bits per heavy atom. The van der Waals surface area contributed by atoms with Crippen molar-refractivity contribution in [2.75, 3.05) is 0 Å². The van der Waals surface area contributed by atoms with Crippen LogP contribution in [-0.4, -0.2) is 11.0 Å². The van der Waals surface area contributed by atoms with Crippen LogP contribution >= 0.6 is 0 Å². The number of oxazole rings is 1. The Morgan fingerprint density at radius 2 is 2.23 bits per heavy atom. The van der Waals surface area contributed by atoms with Gasteiger partial charge < -0.3 is 9.73 Å². The van der Waals surface area contributed by atoms with Gasteiger partial charge in [-0.2, -0.15) is 0 Å². The minimum atomic E-state index is 0.688. The van der Waals surface area contributed by atoms with Gasteiger partial charge in [0.15, 0.2) is 0 Å². The number of nitrogens with one attached hydrogen (secondary N) is 1. The lowest BCUT2D eigenvalue weighted by atomic mass is 10.4. The summed E-state index contributed by atoms with van der Waals surface area (Å²) in [6.07, 6.45) is 1.29. The molecule has 0 spiro atoms. The molecule has 0 aliphatic heterocycles. The summed E-state index contributed by atoms with van der Waals surface area (Å²) < 4.78 is 5.45. The molecule has 1 aromatic heterocycles. The van der Waals surface area contributed by atoms with Crippen LogP contribution < -0.4 is 5.32 Å². The maximum absolute atomic E-state index is 5.45. The second-order valence-electron chi connectivity index (χ2n) is 3.95. The third-order valence-electron chi connectivity index (χ3n) is 2.70. The topological polar surface area (TPSA) is 38.1 Å². The van der Waals surface area contributed by atoms with Gasteiger partial charge >= 0.3 is 0 Å². The van der Waals surface area contributed by atoms with Crippen molar-refractivity contribution in [3.63, 3.8) is 0 Å². The molecule has 1 heterocycles. The van der Waals surface area contributed by atoms with Crippen LogP contribution in [0.25, 0.3) is 0 Å². The average molecular weight is 180 g/mol. The molecule has 1 saturated carbocycles. The van der Waals surface area contributed by atoms with Gasteiger partial charge in [-0.25, -0.2) is 4.98 Å². The fraction of sp³-hybridized carbons (Fsp3) is 0.700. The van der Waals surface area contributed by atoms with Gasteiger partial charge in [0.2, 0.25) is 5.89 Å². The number of hydrogen-bond acceptors (Lipinski definition) is 3. The van der Waals surface area contributed by atoms with Crippen molar-refractivity contribution in [2.24, 2.45) is 5.92 Å². The molecule has 2 atom stereocenters. The number of hydrogen-bond donors (Lipinski definition) is 1. The molecule has 2 rings (SSSR count). The van der Waals surface area contributed by atoms with Crippen molar-refractivity contribution in [3.05, 3.63) is 17.3 Å². The summed E-state index contributed by atoms with van der Waals surface area (Å²) >= 11 is 0. The highest BCUT2D eigenvalue weighted by molar-refractivity contribution is 5.05. The van der Waals surface area contributed by atoms with Gasteiger partial charge in [-0.1, -0.05) is 6.92 Å². The zero-order chi connectivity index (χ0) is 9.42. The number of rotatable bonds is 3. The molecular weight excluding hydrogens is 164 g/mol. The number of aryl methyl sites for hydroxylation is 2. The van der Waals surface area contributed by atoms with Crippen LogP contribution in [0.15, 0.2) is 4.42 Å². The Hall–Kier alpha value is -0.830. The fourth-order valence-electron chi connectivity index (χ4n) is 1.44. The Kier molecular flexibility index (Phi) is 2.12. The highest BCUT2D eigenvalue weighted by Gasteiger charge is 2.31. The van der Waals surface area contributed by atoms with Gasteiger partial charge in [-0.15, -0.1) is 0 Å². The molecular formula is C10H16N2O. The molecule has 0 bridgehead atoms. The van der Waals surface area contributed by atoms with Crippen molar-refractivity contribution in [3.8, 4) is 0 Å². The molecule has 0 aromatic carbocycles. The lowest BCUT2D eigenvalue weighted by Gasteiger charge is -1.97. The van der Waals surface area contributed by atoms with E-state index in [2.05, 4.69) is 17.2 Å². The van der Waals surface area contributed by atoms with E-state index in [-0.39, 0.29) is 0 Å². The summed E-state index contributed by atoms with van der Waals surface area (Å²) in [5, 5.41) is 3.41. The first kappa shape index (κ1) is 8.75. The maximum atomic E-state index is 5.45. The number of nitrogens with zero attached hydrogens (tertiary/aromatic N) is 1. The van der Waals surface area contributed by atoms with Gasteiger partial charge in [-0.3, -0.25) is 0 Å². The first-order valence-corrected chi connectivity index (χ1v) is 4.83. The second kappa shape index (κ2) is 3.14. The quantitative estimate of drug-likeness (QED) is 0.770. The first-order valence-electron chi connectivity index (χ1n) is 4.83. The molecule has 1 aromatic rings. The maximum Gasteiger partial charge on any atom is 0.208 e. The minimum Gasteiger partial charge on any atom is -0.444 e. The van der Waals surface area contributed by atoms with E-state index < -0.39 is 0 Å². The molecule has 1 aliphatic carbocycles. The molecule has 1 aliphatic rings. The van der Waals surface area contributed by atoms with Crippen molar-refractivity contribution in [1.82, 2.24) is 10.3 Å². The predicted octanol–water partition coefficient (Wildman–Crippen LogP) is 1.79. The van der Waals surface area contributed by atoms with Crippen LogP contribution in [0.2, 0.25) is 0 Å². The van der Waals surface area contributed by atoms with Gasteiger partial charge in [0.1, 0.15) is 5.76 Å². The monoisotopic (exact) mass is 180 g/mol. The molecule has 0 saturated heterocycles. The Labute approximate surface area is 78.5 Å². The molecule has 0 radical (unpaired) electrons. The van der Waals surface area contributed by atoms with E-state index in [1.54, 1.807) is 0 Å². The molecule has 3 heteroatoms. The van der Waals surface area contributed by atoms with Crippen molar-refractivity contribution in [2.45, 2.75) is 39.8 Å². The zero-order valence-corrected chi connectivity index (χ0v) is 8.42. The van der Waals surface area contributed by atoms with Gasteiger partial charge in [0, 0.05) is 6.04 Å². The second-order valence-corrected chi connectivity index (χ2v) is 3.95. The van der Waals surface area contributed by atoms with E-state index in [1.807, 2.05) is 13.8 Å². The van der Waals surface area contributed by atoms with Crippen LogP contribution in [0, 0.1) is 19.8 Å². The van der Waals surface area contributed by atoms with Gasteiger partial charge in [0.25, 0.3) is 0 Å². The Morgan fingerprint density at radius 1 is 1.54 bits per heavy atom. The van der Waals surface area contributed by atoms with E-state index in [1.165, 1.54) is 6.42 Å². The van der Waals surface area contributed by atoms with Crippen molar-refractivity contribution in [1.29, 1.82) is 0 Å². The van der Waals surface area contributed by atoms with E-state index in [0.29, 0.717) is 6.04 Å². The summed E-state index contributed by atoms with van der Waals surface area (Å²) in [7, 11) is 0. The third-order valence-corrected chi connectivity index (χ3v) is 2.70. The lowest BCUT2D eigenvalue weighted by molar-refractivity contribution is 0.445. The Bertz CT molecular complexity index is 286. The van der Waals surface area contributed by atoms with E-state index in [9.17, 15) is 0 Å². The predicted molar refractivity (Wildman–Crippen MR) is 50.4 cm³/mol. The number of aromatic nitrogens is 1. The van der Waals surface area contributed by atoms with Crippen LogP contribution in [0.1, 0.15) is 30.7 Å². The summed E-state index contributed by atoms with van der Waals surface area (Å²) in [5.41, 5.74) is 1.00. The normalized spacial score (nSPS) is 26.4. The molecule has 0 amide bonds. The zero-order valence-electron chi connectivity index (χ0n) is 8.42. The molecule has 1 fully saturated rings. The summed E-state index contributed by atoms with van der Waals surface area (Å²) in [4.78, 5) is 4.31. The van der Waals surface area contributed by atoms with E-state index >= 15 is 0 Å². The Balaban J connectivity index is 1.87. The van der Waals surface area contributed by atoms with Crippen LogP contribution in [0.5, 0.6) is 0 Å². The largest absolute Gasteiger partial charge is 0.444 e. The highest BCUT2D eigenvalue weighted by Crippen LogP contribution is 2.29. The standard InChI is InChI=1S/C10H16N2O/c1-6-4-9(6)11-5-10-12-7(2)8(3)13-10/h6,9,11H,4-5H2,1-3H3. The first-order chi connectivity index (χ1) is 6.16. The van der Waals surface area contributed by atoms with Crippen molar-refractivity contribution >= 4 is 0 Å². The molecule has 72 valence electrons. The van der Waals surface area contributed by atoms with Gasteiger partial charge in [-0.05, 0) is 26.2 Å². The highest BCUT2D eigenvalue weighted by atomic mass is 16.4. The third kappa shape index (κ3) is 1.91. The SMILES string of the molecule is Cc1nc(CNC2CC2C)oc1C. The van der Waals surface area contributed by atoms with Gasteiger partial charge in [0.05, 0.1) is 12.2 Å². The van der Waals surface area contributed by atoms with Crippen molar-refractivity contribution < 1.29 is 4.42 Å². The van der Waals surface area contributed by atoms with Crippen LogP contribution in [-0.2, 0) is 6.54 Å². The average Bonchev–Trinajstić information content (AvgIpc) is 2.68. The summed E-state index contributed by atoms with van der Waals surface area (Å²) in [5.74, 6) is 2.58. The van der Waals surface area contributed by atoms with E-state index in [0.717, 1.165) is 29.8 Å². The molecule has 3 nitrogen and oxygen atoms in total. The minimum absolute atomic E-state index is 0.688. The summed E-state index contributed by atoms with van der Waals surface area (Å²) in [6.45, 7) is 6.95. The van der Waals surface area contributed by atoms with E-state index in [4.69, 9.17) is 4.42 Å². The van der Waals surface area contributed by atoms with Crippen LogP contribution in [0.3, 0.4) is 0 Å². The molecule has 2 unspecified atom stereocenters. The lowest BCUT2D eigenvalue weighted by Crippen LogP contribution is -2.17.